The normalized spacial score (nSPS) is 43.2. The van der Waals surface area contributed by atoms with Gasteiger partial charge in [-0.25, -0.2) is 0 Å². The maximum Gasteiger partial charge on any atom is 0.302 e. The fourth-order valence-electron chi connectivity index (χ4n) is 8.43. The van der Waals surface area contributed by atoms with Crippen molar-refractivity contribution in [1.82, 2.24) is 0 Å². The van der Waals surface area contributed by atoms with Crippen molar-refractivity contribution in [2.24, 2.45) is 52.3 Å². The predicted octanol–water partition coefficient (Wildman–Crippen LogP) is 7.98. The molecule has 0 amide bonds. The molecule has 0 heterocycles. The van der Waals surface area contributed by atoms with Crippen molar-refractivity contribution in [2.75, 3.05) is 0 Å². The first-order valence-corrected chi connectivity index (χ1v) is 13.6. The second-order valence-electron chi connectivity index (χ2n) is 12.8. The van der Waals surface area contributed by atoms with Crippen molar-refractivity contribution >= 4 is 5.97 Å². The monoisotopic (exact) mass is 440 g/mol. The topological polar surface area (TPSA) is 26.3 Å². The second kappa shape index (κ2) is 8.95. The average Bonchev–Trinajstić information content (AvgIpc) is 3.08. The summed E-state index contributed by atoms with van der Waals surface area (Å²) in [5, 5.41) is 0. The molecule has 4 aliphatic rings. The third kappa shape index (κ3) is 4.14. The van der Waals surface area contributed by atoms with E-state index in [4.69, 9.17) is 4.74 Å². The van der Waals surface area contributed by atoms with E-state index < -0.39 is 0 Å². The lowest BCUT2D eigenvalue weighted by Crippen LogP contribution is -2.50. The molecule has 0 aromatic rings. The van der Waals surface area contributed by atoms with Crippen LogP contribution in [-0.2, 0) is 9.53 Å². The molecule has 0 spiro atoms. The molecule has 0 bridgehead atoms. The maximum atomic E-state index is 11.5. The van der Waals surface area contributed by atoms with Crippen LogP contribution < -0.4 is 0 Å². The molecular weight excluding hydrogens is 392 g/mol. The third-order valence-electron chi connectivity index (χ3n) is 10.8. The van der Waals surface area contributed by atoms with Gasteiger partial charge in [-0.3, -0.25) is 4.79 Å². The van der Waals surface area contributed by atoms with Gasteiger partial charge in [0.05, 0.1) is 0 Å². The summed E-state index contributed by atoms with van der Waals surface area (Å²) in [6.07, 6.45) is 17.9. The Labute approximate surface area is 197 Å². The Balaban J connectivity index is 1.51. The highest BCUT2D eigenvalue weighted by Gasteiger charge is 2.58. The number of allylic oxidation sites excluding steroid dienone is 4. The minimum absolute atomic E-state index is 0.109. The average molecular weight is 441 g/mol. The number of esters is 1. The van der Waals surface area contributed by atoms with Gasteiger partial charge in [-0.05, 0) is 104 Å². The van der Waals surface area contributed by atoms with Gasteiger partial charge in [-0.2, -0.15) is 0 Å². The van der Waals surface area contributed by atoms with E-state index in [1.807, 2.05) is 5.57 Å². The number of hydrogen-bond acceptors (Lipinski definition) is 2. The summed E-state index contributed by atoms with van der Waals surface area (Å²) in [5.41, 5.74) is 2.70. The Morgan fingerprint density at radius 1 is 1.00 bits per heavy atom. The molecule has 6 unspecified atom stereocenters. The van der Waals surface area contributed by atoms with Crippen LogP contribution in [0.5, 0.6) is 0 Å². The van der Waals surface area contributed by atoms with Crippen LogP contribution in [0.15, 0.2) is 23.8 Å². The molecule has 0 saturated heterocycles. The number of carbonyl (C=O) groups excluding carboxylic acids is 1. The molecule has 0 radical (unpaired) electrons. The standard InChI is InChI=1S/C30H48O2/c1-19(2)20(3)8-9-21(4)26-12-13-27-25-11-10-23-18-24(32-22(5)31)14-16-29(23,6)28(25)15-17-30(26,27)7/h8-9,11,19-21,23-24,26-28H,10,12-18H2,1-7H3/b9-8+/t20-,21+,23-,24?,26?,27?,28?,29?,30?/m0/s1. The summed E-state index contributed by atoms with van der Waals surface area (Å²) < 4.78 is 5.64. The SMILES string of the molecule is CC(=O)OC1CCC2(C)C3CCC4(C)C(CCC4[C@H](C)/C=C/[C@H](C)C(C)C)C3=CC[C@H]2C1. The molecule has 4 aliphatic carbocycles. The summed E-state index contributed by atoms with van der Waals surface area (Å²) in [6.45, 7) is 16.3. The molecule has 0 aliphatic heterocycles. The van der Waals surface area contributed by atoms with Crippen LogP contribution in [0.1, 0.15) is 99.8 Å². The molecule has 2 nitrogen and oxygen atoms in total. The maximum absolute atomic E-state index is 11.5. The fraction of sp³-hybridized carbons (Fsp3) is 0.833. The zero-order valence-electron chi connectivity index (χ0n) is 21.8. The minimum atomic E-state index is -0.109. The Morgan fingerprint density at radius 2 is 1.69 bits per heavy atom. The molecule has 4 rings (SSSR count). The van der Waals surface area contributed by atoms with E-state index in [1.54, 1.807) is 6.92 Å². The lowest BCUT2D eigenvalue weighted by molar-refractivity contribution is -0.152. The van der Waals surface area contributed by atoms with E-state index in [0.717, 1.165) is 36.5 Å². The molecule has 3 saturated carbocycles. The van der Waals surface area contributed by atoms with Crippen molar-refractivity contribution in [3.63, 3.8) is 0 Å². The summed E-state index contributed by atoms with van der Waals surface area (Å²) in [5.74, 6) is 4.98. The van der Waals surface area contributed by atoms with Gasteiger partial charge in [0.2, 0.25) is 0 Å². The number of rotatable bonds is 5. The van der Waals surface area contributed by atoms with Crippen molar-refractivity contribution < 1.29 is 9.53 Å². The summed E-state index contributed by atoms with van der Waals surface area (Å²) >= 11 is 0. The molecule has 2 heteroatoms. The van der Waals surface area contributed by atoms with Crippen molar-refractivity contribution in [2.45, 2.75) is 106 Å². The van der Waals surface area contributed by atoms with E-state index in [0.29, 0.717) is 28.6 Å². The Kier molecular flexibility index (Phi) is 6.74. The molecule has 32 heavy (non-hydrogen) atoms. The quantitative estimate of drug-likeness (QED) is 0.320. The van der Waals surface area contributed by atoms with Crippen LogP contribution in [0.4, 0.5) is 0 Å². The van der Waals surface area contributed by atoms with Crippen LogP contribution in [-0.4, -0.2) is 12.1 Å². The van der Waals surface area contributed by atoms with Crippen molar-refractivity contribution in [1.29, 1.82) is 0 Å². The Hall–Kier alpha value is -1.05. The highest BCUT2D eigenvalue weighted by atomic mass is 16.5. The van der Waals surface area contributed by atoms with Crippen LogP contribution in [0.2, 0.25) is 0 Å². The van der Waals surface area contributed by atoms with E-state index in [1.165, 1.54) is 38.5 Å². The van der Waals surface area contributed by atoms with E-state index >= 15 is 0 Å². The lowest BCUT2D eigenvalue weighted by Gasteiger charge is -2.58. The second-order valence-corrected chi connectivity index (χ2v) is 12.8. The van der Waals surface area contributed by atoms with Gasteiger partial charge >= 0.3 is 5.97 Å². The van der Waals surface area contributed by atoms with Gasteiger partial charge in [0, 0.05) is 6.92 Å². The molecule has 180 valence electrons. The van der Waals surface area contributed by atoms with Gasteiger partial charge in [-0.15, -0.1) is 0 Å². The number of fused-ring (bicyclic) bond motifs is 5. The summed E-state index contributed by atoms with van der Waals surface area (Å²) in [7, 11) is 0. The molecule has 0 N–H and O–H groups in total. The third-order valence-corrected chi connectivity index (χ3v) is 10.8. The molecule has 9 atom stereocenters. The highest BCUT2D eigenvalue weighted by Crippen LogP contribution is 2.66. The first kappa shape index (κ1) is 24.1. The zero-order chi connectivity index (χ0) is 23.3. The van der Waals surface area contributed by atoms with Gasteiger partial charge < -0.3 is 4.74 Å². The smallest absolute Gasteiger partial charge is 0.302 e. The van der Waals surface area contributed by atoms with Crippen molar-refractivity contribution in [3.05, 3.63) is 23.8 Å². The van der Waals surface area contributed by atoms with Crippen LogP contribution in [0.25, 0.3) is 0 Å². The molecular formula is C30H48O2. The first-order chi connectivity index (χ1) is 15.1. The van der Waals surface area contributed by atoms with Crippen LogP contribution in [0, 0.1) is 52.3 Å². The fourth-order valence-corrected chi connectivity index (χ4v) is 8.43. The van der Waals surface area contributed by atoms with E-state index in [9.17, 15) is 4.79 Å². The van der Waals surface area contributed by atoms with E-state index in [-0.39, 0.29) is 12.1 Å². The highest BCUT2D eigenvalue weighted by molar-refractivity contribution is 5.66. The largest absolute Gasteiger partial charge is 0.463 e. The van der Waals surface area contributed by atoms with Gasteiger partial charge in [0.25, 0.3) is 0 Å². The summed E-state index contributed by atoms with van der Waals surface area (Å²) in [6, 6.07) is 0. The lowest BCUT2D eigenvalue weighted by atomic mass is 9.47. The number of ether oxygens (including phenoxy) is 1. The molecule has 3 fully saturated rings. The first-order valence-electron chi connectivity index (χ1n) is 13.6. The van der Waals surface area contributed by atoms with E-state index in [2.05, 4.69) is 59.8 Å². The number of hydrogen-bond donors (Lipinski definition) is 0. The number of carbonyl (C=O) groups is 1. The summed E-state index contributed by atoms with van der Waals surface area (Å²) in [4.78, 5) is 11.5. The zero-order valence-corrected chi connectivity index (χ0v) is 21.8. The van der Waals surface area contributed by atoms with Gasteiger partial charge in [-0.1, -0.05) is 65.3 Å². The Bertz CT molecular complexity index is 763. The Morgan fingerprint density at radius 3 is 2.38 bits per heavy atom. The van der Waals surface area contributed by atoms with Crippen LogP contribution >= 0.6 is 0 Å². The van der Waals surface area contributed by atoms with Gasteiger partial charge in [0.15, 0.2) is 0 Å². The molecule has 0 aromatic heterocycles. The molecule has 0 aromatic carbocycles. The van der Waals surface area contributed by atoms with Crippen LogP contribution in [0.3, 0.4) is 0 Å². The van der Waals surface area contributed by atoms with Crippen molar-refractivity contribution in [3.8, 4) is 0 Å². The van der Waals surface area contributed by atoms with Gasteiger partial charge in [0.1, 0.15) is 6.10 Å². The predicted molar refractivity (Wildman–Crippen MR) is 133 cm³/mol. The minimum Gasteiger partial charge on any atom is -0.463 e.